The van der Waals surface area contributed by atoms with Crippen LogP contribution in [0.3, 0.4) is 0 Å². The van der Waals surface area contributed by atoms with Crippen LogP contribution < -0.4 is 5.32 Å². The van der Waals surface area contributed by atoms with Crippen LogP contribution in [0.5, 0.6) is 0 Å². The van der Waals surface area contributed by atoms with Crippen LogP contribution in [0.1, 0.15) is 47.2 Å². The molecule has 0 aliphatic heterocycles. The fourth-order valence-corrected chi connectivity index (χ4v) is 5.31. The van der Waals surface area contributed by atoms with Gasteiger partial charge in [0.2, 0.25) is 5.91 Å². The minimum Gasteiger partial charge on any atom is -0.325 e. The zero-order chi connectivity index (χ0) is 21.6. The number of rotatable bonds is 5. The molecule has 4 aromatic rings. The summed E-state index contributed by atoms with van der Waals surface area (Å²) in [7, 11) is 0. The van der Waals surface area contributed by atoms with E-state index in [1.165, 1.54) is 22.2 Å². The number of fused-ring (bicyclic) bond motifs is 3. The number of amides is 1. The molecule has 0 saturated carbocycles. The Bertz CT molecular complexity index is 1250. The van der Waals surface area contributed by atoms with Crippen molar-refractivity contribution in [2.24, 2.45) is 0 Å². The number of para-hydroxylation sites is 1. The maximum atomic E-state index is 12.6. The van der Waals surface area contributed by atoms with E-state index in [2.05, 4.69) is 43.2 Å². The number of nitrogens with zero attached hydrogens (tertiary/aromatic N) is 4. The molecule has 1 N–H and O–H groups in total. The van der Waals surface area contributed by atoms with Crippen molar-refractivity contribution in [2.75, 3.05) is 11.1 Å². The SMILES string of the molecule is Cc1cccc(C)c1NC(=O)CSc1nnc2c3c(C)c(C)sc3nc(C(C)C)n12. The van der Waals surface area contributed by atoms with Gasteiger partial charge in [0.05, 0.1) is 11.1 Å². The third-order valence-corrected chi connectivity index (χ3v) is 7.29. The van der Waals surface area contributed by atoms with E-state index in [0.717, 1.165) is 38.5 Å². The largest absolute Gasteiger partial charge is 0.325 e. The predicted octanol–water partition coefficient (Wildman–Crippen LogP) is 5.43. The van der Waals surface area contributed by atoms with Crippen LogP contribution in [-0.4, -0.2) is 31.2 Å². The molecule has 156 valence electrons. The van der Waals surface area contributed by atoms with E-state index in [4.69, 9.17) is 4.98 Å². The van der Waals surface area contributed by atoms with Gasteiger partial charge in [-0.1, -0.05) is 43.8 Å². The number of thioether (sulfide) groups is 1. The second kappa shape index (κ2) is 8.00. The molecule has 0 saturated heterocycles. The molecule has 0 atom stereocenters. The van der Waals surface area contributed by atoms with Gasteiger partial charge in [0.25, 0.3) is 0 Å². The summed E-state index contributed by atoms with van der Waals surface area (Å²) in [5, 5.41) is 13.7. The normalized spacial score (nSPS) is 11.7. The third kappa shape index (κ3) is 3.58. The van der Waals surface area contributed by atoms with Crippen molar-refractivity contribution >= 4 is 50.6 Å². The first-order valence-electron chi connectivity index (χ1n) is 9.91. The molecule has 1 amide bonds. The summed E-state index contributed by atoms with van der Waals surface area (Å²) in [4.78, 5) is 19.8. The summed E-state index contributed by atoms with van der Waals surface area (Å²) in [5.41, 5.74) is 5.00. The molecule has 0 aliphatic rings. The van der Waals surface area contributed by atoms with Crippen molar-refractivity contribution < 1.29 is 4.79 Å². The van der Waals surface area contributed by atoms with Gasteiger partial charge in [-0.05, 0) is 44.4 Å². The molecule has 1 aromatic carbocycles. The van der Waals surface area contributed by atoms with Crippen molar-refractivity contribution in [3.05, 3.63) is 45.6 Å². The topological polar surface area (TPSA) is 72.2 Å². The molecule has 8 heteroatoms. The second-order valence-electron chi connectivity index (χ2n) is 7.83. The Morgan fingerprint density at radius 1 is 1.17 bits per heavy atom. The monoisotopic (exact) mass is 439 g/mol. The molecule has 6 nitrogen and oxygen atoms in total. The molecule has 0 radical (unpaired) electrons. The van der Waals surface area contributed by atoms with E-state index in [1.807, 2.05) is 36.4 Å². The number of carbonyl (C=O) groups is 1. The van der Waals surface area contributed by atoms with Gasteiger partial charge in [-0.15, -0.1) is 21.5 Å². The van der Waals surface area contributed by atoms with Crippen molar-refractivity contribution in [3.8, 4) is 0 Å². The molecule has 0 bridgehead atoms. The van der Waals surface area contributed by atoms with Crippen LogP contribution >= 0.6 is 23.1 Å². The standard InChI is InChI=1S/C22H25N5OS2/c1-11(2)19-24-21-17(14(5)15(6)30-21)20-25-26-22(27(19)20)29-10-16(28)23-18-12(3)8-7-9-13(18)4/h7-9,11H,10H2,1-6H3,(H,23,28). The molecule has 0 aliphatic carbocycles. The number of hydrogen-bond acceptors (Lipinski definition) is 6. The number of benzene rings is 1. The summed E-state index contributed by atoms with van der Waals surface area (Å²) in [5.74, 6) is 1.32. The molecular weight excluding hydrogens is 414 g/mol. The number of aromatic nitrogens is 4. The van der Waals surface area contributed by atoms with Crippen molar-refractivity contribution in [3.63, 3.8) is 0 Å². The van der Waals surface area contributed by atoms with Crippen molar-refractivity contribution in [1.29, 1.82) is 0 Å². The first-order chi connectivity index (χ1) is 14.3. The van der Waals surface area contributed by atoms with Crippen molar-refractivity contribution in [2.45, 2.75) is 52.6 Å². The number of aryl methyl sites for hydroxylation is 4. The number of nitrogens with one attached hydrogen (secondary N) is 1. The van der Waals surface area contributed by atoms with E-state index in [-0.39, 0.29) is 17.6 Å². The maximum Gasteiger partial charge on any atom is 0.234 e. The number of carbonyl (C=O) groups excluding carboxylic acids is 1. The Morgan fingerprint density at radius 2 is 1.87 bits per heavy atom. The number of anilines is 1. The van der Waals surface area contributed by atoms with E-state index < -0.39 is 0 Å². The Hall–Kier alpha value is -2.45. The fraction of sp³-hybridized carbons (Fsp3) is 0.364. The minimum atomic E-state index is -0.0585. The zero-order valence-corrected chi connectivity index (χ0v) is 19.7. The van der Waals surface area contributed by atoms with Crippen LogP contribution in [-0.2, 0) is 4.79 Å². The highest BCUT2D eigenvalue weighted by Crippen LogP contribution is 2.34. The second-order valence-corrected chi connectivity index (χ2v) is 9.98. The first-order valence-corrected chi connectivity index (χ1v) is 11.7. The van der Waals surface area contributed by atoms with Gasteiger partial charge in [-0.3, -0.25) is 9.20 Å². The summed E-state index contributed by atoms with van der Waals surface area (Å²) in [6, 6.07) is 5.99. The summed E-state index contributed by atoms with van der Waals surface area (Å²) >= 11 is 3.08. The van der Waals surface area contributed by atoms with Gasteiger partial charge < -0.3 is 5.32 Å². The highest BCUT2D eigenvalue weighted by Gasteiger charge is 2.21. The molecule has 4 rings (SSSR count). The Balaban J connectivity index is 1.66. The number of thiophene rings is 1. The van der Waals surface area contributed by atoms with Gasteiger partial charge >= 0.3 is 0 Å². The van der Waals surface area contributed by atoms with Crippen LogP contribution in [0.15, 0.2) is 23.4 Å². The first kappa shape index (κ1) is 20.8. The smallest absolute Gasteiger partial charge is 0.234 e. The van der Waals surface area contributed by atoms with Crippen molar-refractivity contribution in [1.82, 2.24) is 19.6 Å². The molecule has 3 heterocycles. The van der Waals surface area contributed by atoms with Crippen LogP contribution in [0, 0.1) is 27.7 Å². The summed E-state index contributed by atoms with van der Waals surface area (Å²) in [6.45, 7) is 12.4. The lowest BCUT2D eigenvalue weighted by Crippen LogP contribution is -2.16. The third-order valence-electron chi connectivity index (χ3n) is 5.26. The van der Waals surface area contributed by atoms with Crippen LogP contribution in [0.4, 0.5) is 5.69 Å². The van der Waals surface area contributed by atoms with E-state index in [1.54, 1.807) is 11.3 Å². The Labute approximate surface area is 184 Å². The highest BCUT2D eigenvalue weighted by molar-refractivity contribution is 7.99. The molecule has 3 aromatic heterocycles. The van der Waals surface area contributed by atoms with Gasteiger partial charge in [0.1, 0.15) is 10.7 Å². The fourth-order valence-electron chi connectivity index (χ4n) is 3.54. The molecular formula is C22H25N5OS2. The molecule has 0 unspecified atom stereocenters. The van der Waals surface area contributed by atoms with Gasteiger partial charge in [0, 0.05) is 16.5 Å². The van der Waals surface area contributed by atoms with E-state index in [0.29, 0.717) is 5.16 Å². The van der Waals surface area contributed by atoms with Gasteiger partial charge in [-0.25, -0.2) is 4.98 Å². The van der Waals surface area contributed by atoms with Gasteiger partial charge in [0.15, 0.2) is 10.8 Å². The summed E-state index contributed by atoms with van der Waals surface area (Å²) in [6.07, 6.45) is 0. The molecule has 30 heavy (non-hydrogen) atoms. The molecule has 0 spiro atoms. The lowest BCUT2D eigenvalue weighted by Gasteiger charge is -2.12. The average Bonchev–Trinajstić information content (AvgIpc) is 3.23. The average molecular weight is 440 g/mol. The van der Waals surface area contributed by atoms with Gasteiger partial charge in [-0.2, -0.15) is 0 Å². The quantitative estimate of drug-likeness (QED) is 0.420. The van der Waals surface area contributed by atoms with E-state index in [9.17, 15) is 4.79 Å². The molecule has 0 fully saturated rings. The zero-order valence-electron chi connectivity index (χ0n) is 18.0. The van der Waals surface area contributed by atoms with Crippen LogP contribution in [0.25, 0.3) is 15.9 Å². The highest BCUT2D eigenvalue weighted by atomic mass is 32.2. The maximum absolute atomic E-state index is 12.6. The lowest BCUT2D eigenvalue weighted by atomic mass is 10.1. The summed E-state index contributed by atoms with van der Waals surface area (Å²) < 4.78 is 2.02. The Morgan fingerprint density at radius 3 is 2.53 bits per heavy atom. The number of hydrogen-bond donors (Lipinski definition) is 1. The lowest BCUT2D eigenvalue weighted by molar-refractivity contribution is -0.113. The minimum absolute atomic E-state index is 0.0585. The van der Waals surface area contributed by atoms with E-state index >= 15 is 0 Å². The van der Waals surface area contributed by atoms with Crippen LogP contribution in [0.2, 0.25) is 0 Å². The predicted molar refractivity (Wildman–Crippen MR) is 125 cm³/mol. The Kier molecular flexibility index (Phi) is 5.55.